The normalized spacial score (nSPS) is 17.3. The Morgan fingerprint density at radius 3 is 2.50 bits per heavy atom. The van der Waals surface area contributed by atoms with Crippen LogP contribution in [0.3, 0.4) is 0 Å². The lowest BCUT2D eigenvalue weighted by Gasteiger charge is -2.35. The Kier molecular flexibility index (Phi) is 5.55. The molecule has 2 N–H and O–H groups in total. The molecular weight excluding hydrogens is 236 g/mol. The summed E-state index contributed by atoms with van der Waals surface area (Å²) in [6.45, 7) is 2.58. The van der Waals surface area contributed by atoms with Crippen LogP contribution in [0.1, 0.15) is 19.3 Å². The third kappa shape index (κ3) is 3.43. The Morgan fingerprint density at radius 1 is 1.39 bits per heavy atom. The second kappa shape index (κ2) is 6.70. The molecule has 6 nitrogen and oxygen atoms in total. The van der Waals surface area contributed by atoms with Crippen LogP contribution in [0.25, 0.3) is 0 Å². The molecule has 0 saturated heterocycles. The number of carboxylic acids is 1. The second-order valence-electron chi connectivity index (χ2n) is 4.79. The highest BCUT2D eigenvalue weighted by atomic mass is 16.5. The van der Waals surface area contributed by atoms with Crippen molar-refractivity contribution >= 4 is 11.9 Å². The first-order valence-electron chi connectivity index (χ1n) is 6.22. The predicted octanol–water partition coefficient (Wildman–Crippen LogP) is -0.0643. The summed E-state index contributed by atoms with van der Waals surface area (Å²) in [5.41, 5.74) is -1.16. The summed E-state index contributed by atoms with van der Waals surface area (Å²) in [4.78, 5) is 25.0. The monoisotopic (exact) mass is 258 g/mol. The number of carbonyl (C=O) groups excluding carboxylic acids is 1. The number of amides is 1. The molecule has 1 fully saturated rings. The highest BCUT2D eigenvalue weighted by Crippen LogP contribution is 2.41. The van der Waals surface area contributed by atoms with Crippen LogP contribution in [-0.2, 0) is 14.3 Å². The minimum absolute atomic E-state index is 0.346. The fourth-order valence-electron chi connectivity index (χ4n) is 1.96. The molecule has 0 aromatic rings. The molecular formula is C12H22N2O4. The van der Waals surface area contributed by atoms with E-state index in [1.54, 1.807) is 7.11 Å². The van der Waals surface area contributed by atoms with Crippen molar-refractivity contribution in [3.8, 4) is 0 Å². The van der Waals surface area contributed by atoms with E-state index in [-0.39, 0.29) is 5.91 Å². The lowest BCUT2D eigenvalue weighted by Crippen LogP contribution is -2.52. The topological polar surface area (TPSA) is 78.9 Å². The SMILES string of the molecule is COCCN(C)CCNC(=O)C1(C(=O)O)CCC1. The van der Waals surface area contributed by atoms with E-state index < -0.39 is 11.4 Å². The molecule has 1 aliphatic carbocycles. The molecule has 0 aromatic heterocycles. The van der Waals surface area contributed by atoms with Crippen molar-refractivity contribution in [1.29, 1.82) is 0 Å². The van der Waals surface area contributed by atoms with Gasteiger partial charge in [0.15, 0.2) is 0 Å². The molecule has 1 saturated carbocycles. The van der Waals surface area contributed by atoms with E-state index in [0.717, 1.165) is 13.0 Å². The molecule has 1 rings (SSSR count). The summed E-state index contributed by atoms with van der Waals surface area (Å²) >= 11 is 0. The van der Waals surface area contributed by atoms with Crippen LogP contribution in [0.15, 0.2) is 0 Å². The maximum absolute atomic E-state index is 11.8. The van der Waals surface area contributed by atoms with Gasteiger partial charge in [-0.1, -0.05) is 6.42 Å². The van der Waals surface area contributed by atoms with Crippen LogP contribution in [0, 0.1) is 5.41 Å². The van der Waals surface area contributed by atoms with Gasteiger partial charge >= 0.3 is 5.97 Å². The molecule has 104 valence electrons. The first-order chi connectivity index (χ1) is 8.53. The number of aliphatic carboxylic acids is 1. The zero-order valence-corrected chi connectivity index (χ0v) is 11.1. The molecule has 0 heterocycles. The molecule has 0 aliphatic heterocycles. The van der Waals surface area contributed by atoms with Crippen molar-refractivity contribution < 1.29 is 19.4 Å². The Balaban J connectivity index is 2.27. The van der Waals surface area contributed by atoms with E-state index in [4.69, 9.17) is 9.84 Å². The average Bonchev–Trinajstić information content (AvgIpc) is 2.24. The van der Waals surface area contributed by atoms with Crippen LogP contribution in [0.4, 0.5) is 0 Å². The van der Waals surface area contributed by atoms with Gasteiger partial charge in [-0.05, 0) is 19.9 Å². The van der Waals surface area contributed by atoms with Crippen molar-refractivity contribution in [2.75, 3.05) is 40.4 Å². The van der Waals surface area contributed by atoms with Gasteiger partial charge in [0.25, 0.3) is 0 Å². The number of carbonyl (C=O) groups is 2. The van der Waals surface area contributed by atoms with Gasteiger partial charge in [-0.3, -0.25) is 9.59 Å². The number of hydrogen-bond donors (Lipinski definition) is 2. The zero-order valence-electron chi connectivity index (χ0n) is 11.1. The van der Waals surface area contributed by atoms with Crippen molar-refractivity contribution in [3.05, 3.63) is 0 Å². The fourth-order valence-corrected chi connectivity index (χ4v) is 1.96. The number of likely N-dealkylation sites (N-methyl/N-ethyl adjacent to an activating group) is 1. The summed E-state index contributed by atoms with van der Waals surface area (Å²) in [7, 11) is 3.57. The van der Waals surface area contributed by atoms with Gasteiger partial charge in [-0.25, -0.2) is 0 Å². The zero-order chi connectivity index (χ0) is 13.6. The van der Waals surface area contributed by atoms with Gasteiger partial charge in [0.05, 0.1) is 6.61 Å². The molecule has 1 amide bonds. The van der Waals surface area contributed by atoms with Crippen LogP contribution in [0.2, 0.25) is 0 Å². The number of hydrogen-bond acceptors (Lipinski definition) is 4. The molecule has 0 radical (unpaired) electrons. The van der Waals surface area contributed by atoms with Crippen molar-refractivity contribution in [1.82, 2.24) is 10.2 Å². The number of carboxylic acid groups (broad SMARTS) is 1. The molecule has 1 aliphatic rings. The van der Waals surface area contributed by atoms with Gasteiger partial charge in [0.1, 0.15) is 5.41 Å². The van der Waals surface area contributed by atoms with Crippen LogP contribution < -0.4 is 5.32 Å². The first-order valence-corrected chi connectivity index (χ1v) is 6.22. The van der Waals surface area contributed by atoms with Gasteiger partial charge in [0.2, 0.25) is 5.91 Å². The van der Waals surface area contributed by atoms with Gasteiger partial charge in [-0.15, -0.1) is 0 Å². The molecule has 0 aromatic carbocycles. The maximum Gasteiger partial charge on any atom is 0.319 e. The summed E-state index contributed by atoms with van der Waals surface area (Å²) in [5, 5.41) is 11.8. The van der Waals surface area contributed by atoms with Crippen molar-refractivity contribution in [2.24, 2.45) is 5.41 Å². The number of nitrogens with zero attached hydrogens (tertiary/aromatic N) is 1. The first kappa shape index (κ1) is 14.9. The number of methoxy groups -OCH3 is 1. The third-order valence-electron chi connectivity index (χ3n) is 3.51. The minimum Gasteiger partial charge on any atom is -0.480 e. The predicted molar refractivity (Wildman–Crippen MR) is 66.3 cm³/mol. The summed E-state index contributed by atoms with van der Waals surface area (Å²) in [6, 6.07) is 0. The standard InChI is InChI=1S/C12H22N2O4/c1-14(8-9-18-2)7-6-13-10(15)12(11(16)17)4-3-5-12/h3-9H2,1-2H3,(H,13,15)(H,16,17). The summed E-state index contributed by atoms with van der Waals surface area (Å²) in [5.74, 6) is -1.35. The molecule has 18 heavy (non-hydrogen) atoms. The second-order valence-corrected chi connectivity index (χ2v) is 4.79. The Bertz CT molecular complexity index is 302. The van der Waals surface area contributed by atoms with E-state index in [1.165, 1.54) is 0 Å². The van der Waals surface area contributed by atoms with E-state index >= 15 is 0 Å². The lowest BCUT2D eigenvalue weighted by atomic mass is 9.68. The Morgan fingerprint density at radius 2 is 2.06 bits per heavy atom. The van der Waals surface area contributed by atoms with E-state index in [9.17, 15) is 9.59 Å². The minimum atomic E-state index is -1.16. The average molecular weight is 258 g/mol. The van der Waals surface area contributed by atoms with Crippen LogP contribution in [-0.4, -0.2) is 62.3 Å². The molecule has 0 unspecified atom stereocenters. The molecule has 0 atom stereocenters. The van der Waals surface area contributed by atoms with Crippen molar-refractivity contribution in [2.45, 2.75) is 19.3 Å². The summed E-state index contributed by atoms with van der Waals surface area (Å²) in [6.07, 6.45) is 1.72. The smallest absolute Gasteiger partial charge is 0.319 e. The third-order valence-corrected chi connectivity index (χ3v) is 3.51. The number of rotatable bonds is 8. The quantitative estimate of drug-likeness (QED) is 0.596. The van der Waals surface area contributed by atoms with Gasteiger partial charge in [-0.2, -0.15) is 0 Å². The van der Waals surface area contributed by atoms with Crippen LogP contribution >= 0.6 is 0 Å². The molecule has 0 bridgehead atoms. The largest absolute Gasteiger partial charge is 0.480 e. The number of ether oxygens (including phenoxy) is 1. The Labute approximate surface area is 107 Å². The lowest BCUT2D eigenvalue weighted by molar-refractivity contribution is -0.162. The number of nitrogens with one attached hydrogen (secondary N) is 1. The van der Waals surface area contributed by atoms with Gasteiger partial charge in [0, 0.05) is 26.7 Å². The maximum atomic E-state index is 11.8. The Hall–Kier alpha value is -1.14. The summed E-state index contributed by atoms with van der Waals surface area (Å²) < 4.78 is 4.95. The van der Waals surface area contributed by atoms with E-state index in [0.29, 0.717) is 32.5 Å². The molecule has 0 spiro atoms. The fraction of sp³-hybridized carbons (Fsp3) is 0.833. The van der Waals surface area contributed by atoms with E-state index in [1.807, 2.05) is 11.9 Å². The van der Waals surface area contributed by atoms with E-state index in [2.05, 4.69) is 5.32 Å². The van der Waals surface area contributed by atoms with Crippen LogP contribution in [0.5, 0.6) is 0 Å². The van der Waals surface area contributed by atoms with Crippen molar-refractivity contribution in [3.63, 3.8) is 0 Å². The highest BCUT2D eigenvalue weighted by molar-refractivity contribution is 6.02. The molecule has 6 heteroatoms. The highest BCUT2D eigenvalue weighted by Gasteiger charge is 2.50. The van der Waals surface area contributed by atoms with Gasteiger partial charge < -0.3 is 20.1 Å².